The average Bonchev–Trinajstić information content (AvgIpc) is 2.62. The summed E-state index contributed by atoms with van der Waals surface area (Å²) < 4.78 is 23.8. The van der Waals surface area contributed by atoms with Crippen molar-refractivity contribution in [3.63, 3.8) is 0 Å². The summed E-state index contributed by atoms with van der Waals surface area (Å²) in [6.07, 6.45) is 1.43. The van der Waals surface area contributed by atoms with Gasteiger partial charge in [-0.2, -0.15) is 0 Å². The number of hydrogen-bond acceptors (Lipinski definition) is 5. The molecule has 1 unspecified atom stereocenters. The van der Waals surface area contributed by atoms with Crippen molar-refractivity contribution in [1.82, 2.24) is 9.80 Å². The van der Waals surface area contributed by atoms with Crippen LogP contribution in [0.25, 0.3) is 0 Å². The van der Waals surface area contributed by atoms with Gasteiger partial charge in [-0.15, -0.1) is 0 Å². The van der Waals surface area contributed by atoms with Crippen molar-refractivity contribution in [2.75, 3.05) is 52.5 Å². The molecule has 138 valence electrons. The number of halogens is 1. The largest absolute Gasteiger partial charge is 0.491 e. The molecule has 1 amide bonds. The molecule has 1 aromatic rings. The lowest BCUT2D eigenvalue weighted by molar-refractivity contribution is -0.138. The number of amides is 1. The maximum absolute atomic E-state index is 12.9. The van der Waals surface area contributed by atoms with Crippen LogP contribution in [0.3, 0.4) is 0 Å². The number of β-amino-alcohol motifs (C(OH)–C–C–N with tert-alkyl or cyclic N) is 1. The van der Waals surface area contributed by atoms with Crippen molar-refractivity contribution >= 4 is 5.91 Å². The molecule has 7 heteroatoms. The molecule has 0 aliphatic carbocycles. The Morgan fingerprint density at radius 2 is 1.96 bits per heavy atom. The van der Waals surface area contributed by atoms with Gasteiger partial charge in [0.1, 0.15) is 23.8 Å². The van der Waals surface area contributed by atoms with Crippen LogP contribution in [0, 0.1) is 5.82 Å². The summed E-state index contributed by atoms with van der Waals surface area (Å²) in [6, 6.07) is 5.74. The fraction of sp³-hybridized carbons (Fsp3) is 0.611. The van der Waals surface area contributed by atoms with E-state index in [-0.39, 0.29) is 18.3 Å². The van der Waals surface area contributed by atoms with Crippen LogP contribution in [0.5, 0.6) is 5.75 Å². The average molecular weight is 352 g/mol. The second-order valence-corrected chi connectivity index (χ2v) is 6.77. The molecule has 25 heavy (non-hydrogen) atoms. The van der Waals surface area contributed by atoms with E-state index in [4.69, 9.17) is 9.47 Å². The van der Waals surface area contributed by atoms with Crippen molar-refractivity contribution in [2.24, 2.45) is 0 Å². The number of likely N-dealkylation sites (tertiary alicyclic amines) is 1. The number of aliphatic hydroxyl groups is 1. The molecule has 1 aromatic carbocycles. The van der Waals surface area contributed by atoms with Gasteiger partial charge in [0.2, 0.25) is 5.91 Å². The third-order valence-corrected chi connectivity index (χ3v) is 4.68. The molecule has 0 saturated carbocycles. The summed E-state index contributed by atoms with van der Waals surface area (Å²) in [5.41, 5.74) is -1.00. The van der Waals surface area contributed by atoms with Gasteiger partial charge in [0.15, 0.2) is 0 Å². The van der Waals surface area contributed by atoms with Crippen LogP contribution in [-0.2, 0) is 9.53 Å². The number of rotatable bonds is 5. The Morgan fingerprint density at radius 1 is 1.24 bits per heavy atom. The highest BCUT2D eigenvalue weighted by molar-refractivity contribution is 5.78. The van der Waals surface area contributed by atoms with Gasteiger partial charge in [-0.3, -0.25) is 9.69 Å². The molecule has 3 rings (SSSR count). The van der Waals surface area contributed by atoms with E-state index in [9.17, 15) is 14.3 Å². The van der Waals surface area contributed by atoms with Crippen molar-refractivity contribution in [2.45, 2.75) is 18.4 Å². The van der Waals surface area contributed by atoms with Crippen molar-refractivity contribution < 1.29 is 23.8 Å². The Kier molecular flexibility index (Phi) is 5.88. The Bertz CT molecular complexity index is 577. The Hall–Kier alpha value is -1.70. The number of carbonyl (C=O) groups excluding carboxylic acids is 1. The molecule has 2 heterocycles. The minimum atomic E-state index is -1.00. The molecule has 2 aliphatic rings. The third-order valence-electron chi connectivity index (χ3n) is 4.68. The molecule has 2 aliphatic heterocycles. The molecule has 1 N–H and O–H groups in total. The standard InChI is InChI=1S/C18H25FN2O4/c19-15-2-4-16(5-3-15)25-14-18(23)6-1-7-20(13-18)12-17(22)21-8-10-24-11-9-21/h2-5,23H,1,6-14H2. The molecule has 2 saturated heterocycles. The van der Waals surface area contributed by atoms with E-state index in [1.54, 1.807) is 12.1 Å². The molecule has 0 aromatic heterocycles. The Labute approximate surface area is 147 Å². The first kappa shape index (κ1) is 18.1. The fourth-order valence-electron chi connectivity index (χ4n) is 3.31. The molecular weight excluding hydrogens is 327 g/mol. The summed E-state index contributed by atoms with van der Waals surface area (Å²) in [4.78, 5) is 16.2. The Morgan fingerprint density at radius 3 is 2.68 bits per heavy atom. The maximum Gasteiger partial charge on any atom is 0.236 e. The molecule has 6 nitrogen and oxygen atoms in total. The van der Waals surface area contributed by atoms with Crippen LogP contribution >= 0.6 is 0 Å². The molecule has 2 fully saturated rings. The van der Waals surface area contributed by atoms with Gasteiger partial charge >= 0.3 is 0 Å². The van der Waals surface area contributed by atoms with Gasteiger partial charge in [0, 0.05) is 19.6 Å². The van der Waals surface area contributed by atoms with Crippen LogP contribution in [-0.4, -0.2) is 79.0 Å². The Balaban J connectivity index is 1.50. The van der Waals surface area contributed by atoms with Crippen LogP contribution < -0.4 is 4.74 Å². The zero-order chi connectivity index (χ0) is 17.7. The highest BCUT2D eigenvalue weighted by Crippen LogP contribution is 2.23. The summed E-state index contributed by atoms with van der Waals surface area (Å²) in [6.45, 7) is 4.04. The van der Waals surface area contributed by atoms with Crippen molar-refractivity contribution in [3.8, 4) is 5.75 Å². The van der Waals surface area contributed by atoms with Gasteiger partial charge in [0.05, 0.1) is 19.8 Å². The third kappa shape index (κ3) is 5.14. The normalized spacial score (nSPS) is 25.0. The quantitative estimate of drug-likeness (QED) is 0.853. The number of ether oxygens (including phenoxy) is 2. The summed E-state index contributed by atoms with van der Waals surface area (Å²) in [5.74, 6) is 0.278. The summed E-state index contributed by atoms with van der Waals surface area (Å²) >= 11 is 0. The first-order chi connectivity index (χ1) is 12.0. The minimum Gasteiger partial charge on any atom is -0.491 e. The van der Waals surface area contributed by atoms with E-state index in [1.807, 2.05) is 9.80 Å². The number of nitrogens with zero attached hydrogens (tertiary/aromatic N) is 2. The van der Waals surface area contributed by atoms with Crippen LogP contribution in [0.1, 0.15) is 12.8 Å². The molecule has 1 atom stereocenters. The molecule has 0 spiro atoms. The van der Waals surface area contributed by atoms with Crippen LogP contribution in [0.2, 0.25) is 0 Å². The molecule has 0 bridgehead atoms. The topological polar surface area (TPSA) is 62.2 Å². The smallest absolute Gasteiger partial charge is 0.236 e. The second kappa shape index (κ2) is 8.12. The summed E-state index contributed by atoms with van der Waals surface area (Å²) in [5, 5.41) is 10.8. The lowest BCUT2D eigenvalue weighted by atomic mass is 9.93. The fourth-order valence-corrected chi connectivity index (χ4v) is 3.31. The lowest BCUT2D eigenvalue weighted by Gasteiger charge is -2.39. The number of piperidine rings is 1. The van der Waals surface area contributed by atoms with E-state index in [0.29, 0.717) is 51.6 Å². The first-order valence-corrected chi connectivity index (χ1v) is 8.73. The van der Waals surface area contributed by atoms with E-state index in [0.717, 1.165) is 13.0 Å². The second-order valence-electron chi connectivity index (χ2n) is 6.77. The SMILES string of the molecule is O=C(CN1CCCC(O)(COc2ccc(F)cc2)C1)N1CCOCC1. The van der Waals surface area contributed by atoms with Crippen molar-refractivity contribution in [3.05, 3.63) is 30.1 Å². The summed E-state index contributed by atoms with van der Waals surface area (Å²) in [7, 11) is 0. The van der Waals surface area contributed by atoms with E-state index in [1.165, 1.54) is 12.1 Å². The number of hydrogen-bond donors (Lipinski definition) is 1. The monoisotopic (exact) mass is 352 g/mol. The van der Waals surface area contributed by atoms with Gasteiger partial charge in [-0.25, -0.2) is 4.39 Å². The number of carbonyl (C=O) groups is 1. The van der Waals surface area contributed by atoms with E-state index in [2.05, 4.69) is 0 Å². The van der Waals surface area contributed by atoms with Gasteiger partial charge in [-0.05, 0) is 43.7 Å². The van der Waals surface area contributed by atoms with Crippen LogP contribution in [0.15, 0.2) is 24.3 Å². The first-order valence-electron chi connectivity index (χ1n) is 8.73. The number of benzene rings is 1. The highest BCUT2D eigenvalue weighted by atomic mass is 19.1. The predicted molar refractivity (Wildman–Crippen MR) is 89.9 cm³/mol. The van der Waals surface area contributed by atoms with E-state index >= 15 is 0 Å². The van der Waals surface area contributed by atoms with Crippen molar-refractivity contribution in [1.29, 1.82) is 0 Å². The van der Waals surface area contributed by atoms with Gasteiger partial charge in [0.25, 0.3) is 0 Å². The van der Waals surface area contributed by atoms with Gasteiger partial charge < -0.3 is 19.5 Å². The predicted octanol–water partition coefficient (Wildman–Crippen LogP) is 0.890. The zero-order valence-electron chi connectivity index (χ0n) is 14.3. The maximum atomic E-state index is 12.9. The highest BCUT2D eigenvalue weighted by Gasteiger charge is 2.35. The van der Waals surface area contributed by atoms with Crippen LogP contribution in [0.4, 0.5) is 4.39 Å². The van der Waals surface area contributed by atoms with E-state index < -0.39 is 5.60 Å². The van der Waals surface area contributed by atoms with Gasteiger partial charge in [-0.1, -0.05) is 0 Å². The lowest BCUT2D eigenvalue weighted by Crippen LogP contribution is -2.54. The molecule has 0 radical (unpaired) electrons. The minimum absolute atomic E-state index is 0.0759. The zero-order valence-corrected chi connectivity index (χ0v) is 14.3. The molecular formula is C18H25FN2O4. The number of morpholine rings is 1.